The van der Waals surface area contributed by atoms with Gasteiger partial charge in [0, 0.05) is 23.5 Å². The van der Waals surface area contributed by atoms with Crippen LogP contribution in [0.3, 0.4) is 0 Å². The Kier molecular flexibility index (Phi) is 9.93. The first-order valence-electron chi connectivity index (χ1n) is 10.6. The van der Waals surface area contributed by atoms with E-state index in [-0.39, 0.29) is 11.8 Å². The molecule has 0 radical (unpaired) electrons. The van der Waals surface area contributed by atoms with Gasteiger partial charge in [-0.25, -0.2) is 0 Å². The van der Waals surface area contributed by atoms with Gasteiger partial charge in [0.15, 0.2) is 0 Å². The summed E-state index contributed by atoms with van der Waals surface area (Å²) in [5, 5.41) is 6.05. The molecule has 0 aliphatic carbocycles. The van der Waals surface area contributed by atoms with Crippen LogP contribution in [0.5, 0.6) is 0 Å². The zero-order chi connectivity index (χ0) is 20.9. The van der Waals surface area contributed by atoms with Crippen molar-refractivity contribution in [3.63, 3.8) is 0 Å². The summed E-state index contributed by atoms with van der Waals surface area (Å²) in [7, 11) is 0. The van der Waals surface area contributed by atoms with Crippen molar-refractivity contribution >= 4 is 23.2 Å². The standard InChI is InChI=1S/C24H33N3O2/c1-3-5-6-7-11-18-25-19-23(28)26-21-16-14-20(15-17-21)24(29)27(4-2)22-12-9-8-10-13-22/h8-10,12-17,25H,3-7,11,18-19H2,1-2H3,(H,26,28). The number of hydrogen-bond donors (Lipinski definition) is 2. The lowest BCUT2D eigenvalue weighted by atomic mass is 10.1. The van der Waals surface area contributed by atoms with Gasteiger partial charge in [-0.05, 0) is 56.3 Å². The maximum atomic E-state index is 12.8. The second-order valence-corrected chi connectivity index (χ2v) is 7.10. The Labute approximate surface area is 174 Å². The summed E-state index contributed by atoms with van der Waals surface area (Å²) in [5.74, 6) is -0.126. The molecule has 2 amide bonds. The van der Waals surface area contributed by atoms with Crippen LogP contribution in [0.1, 0.15) is 56.3 Å². The Bertz CT molecular complexity index is 744. The van der Waals surface area contributed by atoms with Crippen LogP contribution in [-0.2, 0) is 4.79 Å². The average Bonchev–Trinajstić information content (AvgIpc) is 2.75. The van der Waals surface area contributed by atoms with Gasteiger partial charge >= 0.3 is 0 Å². The predicted molar refractivity (Wildman–Crippen MR) is 120 cm³/mol. The number of para-hydroxylation sites is 1. The first-order chi connectivity index (χ1) is 14.2. The Morgan fingerprint density at radius 1 is 0.862 bits per heavy atom. The number of carbonyl (C=O) groups is 2. The molecule has 5 heteroatoms. The normalized spacial score (nSPS) is 10.6. The van der Waals surface area contributed by atoms with Crippen molar-refractivity contribution in [2.45, 2.75) is 46.0 Å². The molecule has 29 heavy (non-hydrogen) atoms. The lowest BCUT2D eigenvalue weighted by molar-refractivity contribution is -0.115. The van der Waals surface area contributed by atoms with Gasteiger partial charge in [0.25, 0.3) is 5.91 Å². The number of rotatable bonds is 12. The Morgan fingerprint density at radius 3 is 2.21 bits per heavy atom. The summed E-state index contributed by atoms with van der Waals surface area (Å²) in [5.41, 5.74) is 2.16. The molecule has 0 atom stereocenters. The van der Waals surface area contributed by atoms with E-state index >= 15 is 0 Å². The highest BCUT2D eigenvalue weighted by atomic mass is 16.2. The zero-order valence-electron chi connectivity index (χ0n) is 17.6. The Balaban J connectivity index is 1.80. The molecular formula is C24H33N3O2. The first-order valence-corrected chi connectivity index (χ1v) is 10.6. The van der Waals surface area contributed by atoms with Crippen molar-refractivity contribution in [1.82, 2.24) is 5.32 Å². The minimum atomic E-state index is -0.0721. The van der Waals surface area contributed by atoms with Gasteiger partial charge < -0.3 is 15.5 Å². The highest BCUT2D eigenvalue weighted by Crippen LogP contribution is 2.18. The molecule has 0 aliphatic rings. The van der Waals surface area contributed by atoms with Crippen molar-refractivity contribution in [2.24, 2.45) is 0 Å². The quantitative estimate of drug-likeness (QED) is 0.505. The first kappa shape index (κ1) is 22.6. The molecular weight excluding hydrogens is 362 g/mol. The van der Waals surface area contributed by atoms with Gasteiger partial charge in [-0.15, -0.1) is 0 Å². The molecule has 0 saturated carbocycles. The van der Waals surface area contributed by atoms with Crippen molar-refractivity contribution in [1.29, 1.82) is 0 Å². The van der Waals surface area contributed by atoms with Crippen LogP contribution >= 0.6 is 0 Å². The monoisotopic (exact) mass is 395 g/mol. The molecule has 0 fully saturated rings. The second-order valence-electron chi connectivity index (χ2n) is 7.10. The molecule has 2 rings (SSSR count). The molecule has 0 spiro atoms. The van der Waals surface area contributed by atoms with E-state index < -0.39 is 0 Å². The van der Waals surface area contributed by atoms with E-state index in [1.165, 1.54) is 25.7 Å². The van der Waals surface area contributed by atoms with E-state index in [0.29, 0.717) is 24.3 Å². The minimum Gasteiger partial charge on any atom is -0.325 e. The smallest absolute Gasteiger partial charge is 0.258 e. The molecule has 0 aromatic heterocycles. The molecule has 0 aliphatic heterocycles. The topological polar surface area (TPSA) is 61.4 Å². The van der Waals surface area contributed by atoms with Gasteiger partial charge in [-0.3, -0.25) is 9.59 Å². The SMILES string of the molecule is CCCCCCCNCC(=O)Nc1ccc(C(=O)N(CC)c2ccccc2)cc1. The van der Waals surface area contributed by atoms with E-state index in [1.807, 2.05) is 37.3 Å². The fourth-order valence-corrected chi connectivity index (χ4v) is 3.16. The van der Waals surface area contributed by atoms with Crippen LogP contribution in [0.4, 0.5) is 11.4 Å². The summed E-state index contributed by atoms with van der Waals surface area (Å²) in [6.45, 7) is 5.90. The highest BCUT2D eigenvalue weighted by Gasteiger charge is 2.15. The van der Waals surface area contributed by atoms with Gasteiger partial charge in [0.2, 0.25) is 5.91 Å². The Morgan fingerprint density at radius 2 is 1.55 bits per heavy atom. The van der Waals surface area contributed by atoms with Gasteiger partial charge in [-0.1, -0.05) is 50.8 Å². The minimum absolute atomic E-state index is 0.0543. The number of unbranched alkanes of at least 4 members (excludes halogenated alkanes) is 4. The number of nitrogens with zero attached hydrogens (tertiary/aromatic N) is 1. The third-order valence-corrected chi connectivity index (χ3v) is 4.79. The van der Waals surface area contributed by atoms with E-state index in [9.17, 15) is 9.59 Å². The lowest BCUT2D eigenvalue weighted by Crippen LogP contribution is -2.30. The zero-order valence-corrected chi connectivity index (χ0v) is 17.6. The number of benzene rings is 2. The molecule has 2 aromatic carbocycles. The summed E-state index contributed by atoms with van der Waals surface area (Å²) >= 11 is 0. The van der Waals surface area contributed by atoms with Gasteiger partial charge in [0.05, 0.1) is 6.54 Å². The average molecular weight is 396 g/mol. The summed E-state index contributed by atoms with van der Waals surface area (Å²) in [4.78, 5) is 26.6. The highest BCUT2D eigenvalue weighted by molar-refractivity contribution is 6.06. The molecule has 2 aromatic rings. The van der Waals surface area contributed by atoms with Crippen molar-refractivity contribution in [3.8, 4) is 0 Å². The maximum absolute atomic E-state index is 12.8. The number of anilines is 2. The lowest BCUT2D eigenvalue weighted by Gasteiger charge is -2.21. The van der Waals surface area contributed by atoms with Crippen LogP contribution < -0.4 is 15.5 Å². The van der Waals surface area contributed by atoms with Crippen molar-refractivity contribution < 1.29 is 9.59 Å². The van der Waals surface area contributed by atoms with E-state index in [2.05, 4.69) is 17.6 Å². The number of amides is 2. The third-order valence-electron chi connectivity index (χ3n) is 4.79. The second kappa shape index (κ2) is 12.7. The molecule has 2 N–H and O–H groups in total. The van der Waals surface area contributed by atoms with Crippen molar-refractivity contribution in [2.75, 3.05) is 29.9 Å². The van der Waals surface area contributed by atoms with Crippen LogP contribution in [0.2, 0.25) is 0 Å². The fraction of sp³-hybridized carbons (Fsp3) is 0.417. The maximum Gasteiger partial charge on any atom is 0.258 e. The van der Waals surface area contributed by atoms with Crippen LogP contribution in [0.25, 0.3) is 0 Å². The molecule has 0 saturated heterocycles. The van der Waals surface area contributed by atoms with Crippen LogP contribution in [-0.4, -0.2) is 31.4 Å². The van der Waals surface area contributed by atoms with Crippen molar-refractivity contribution in [3.05, 3.63) is 60.2 Å². The number of carbonyl (C=O) groups excluding carboxylic acids is 2. The van der Waals surface area contributed by atoms with Gasteiger partial charge in [0.1, 0.15) is 0 Å². The number of nitrogens with one attached hydrogen (secondary N) is 2. The van der Waals surface area contributed by atoms with E-state index in [1.54, 1.807) is 29.2 Å². The molecule has 0 bridgehead atoms. The summed E-state index contributed by atoms with van der Waals surface area (Å²) in [6, 6.07) is 16.7. The van der Waals surface area contributed by atoms with Gasteiger partial charge in [-0.2, -0.15) is 0 Å². The summed E-state index contributed by atoms with van der Waals surface area (Å²) < 4.78 is 0. The molecule has 0 heterocycles. The fourth-order valence-electron chi connectivity index (χ4n) is 3.16. The largest absolute Gasteiger partial charge is 0.325 e. The number of hydrogen-bond acceptors (Lipinski definition) is 3. The molecule has 156 valence electrons. The Hall–Kier alpha value is -2.66. The predicted octanol–water partition coefficient (Wildman–Crippen LogP) is 4.85. The van der Waals surface area contributed by atoms with E-state index in [4.69, 9.17) is 0 Å². The molecule has 0 unspecified atom stereocenters. The summed E-state index contributed by atoms with van der Waals surface area (Å²) in [6.07, 6.45) is 6.08. The van der Waals surface area contributed by atoms with Crippen LogP contribution in [0.15, 0.2) is 54.6 Å². The van der Waals surface area contributed by atoms with E-state index in [0.717, 1.165) is 18.7 Å². The molecule has 5 nitrogen and oxygen atoms in total. The third kappa shape index (κ3) is 7.70. The van der Waals surface area contributed by atoms with Crippen LogP contribution in [0, 0.1) is 0 Å².